The van der Waals surface area contributed by atoms with E-state index < -0.39 is 0 Å². The summed E-state index contributed by atoms with van der Waals surface area (Å²) >= 11 is 0. The number of fused-ring (bicyclic) bond motifs is 5. The number of hydrogen-bond acceptors (Lipinski definition) is 1. The highest BCUT2D eigenvalue weighted by molar-refractivity contribution is 6.98. The molecule has 2 heterocycles. The van der Waals surface area contributed by atoms with Gasteiger partial charge in [0, 0.05) is 22.0 Å². The second kappa shape index (κ2) is 5.70. The van der Waals surface area contributed by atoms with Gasteiger partial charge in [0.2, 0.25) is 6.71 Å². The highest BCUT2D eigenvalue weighted by atomic mass is 15.0. The molecule has 0 bridgehead atoms. The monoisotopic (exact) mass is 356 g/mol. The van der Waals surface area contributed by atoms with Gasteiger partial charge in [-0.05, 0) is 41.3 Å². The molecule has 6 rings (SSSR count). The maximum Gasteiger partial charge on any atom is 0.249 e. The fourth-order valence-electron chi connectivity index (χ4n) is 4.84. The molecule has 3 heteroatoms. The van der Waals surface area contributed by atoms with Crippen LogP contribution in [0.3, 0.4) is 0 Å². The first-order valence-electron chi connectivity index (χ1n) is 9.55. The first-order valence-corrected chi connectivity index (χ1v) is 9.55. The second-order valence-corrected chi connectivity index (χ2v) is 7.30. The Bertz CT molecular complexity index is 1400. The van der Waals surface area contributed by atoms with Gasteiger partial charge in [-0.2, -0.15) is 0 Å². The normalized spacial score (nSPS) is 12.4. The van der Waals surface area contributed by atoms with Crippen molar-refractivity contribution in [1.82, 2.24) is 4.57 Å². The summed E-state index contributed by atoms with van der Waals surface area (Å²) in [5.74, 6) is 0. The van der Waals surface area contributed by atoms with Gasteiger partial charge in [0.05, 0.1) is 11.2 Å². The molecule has 4 aromatic carbocycles. The molecule has 130 valence electrons. The van der Waals surface area contributed by atoms with Crippen molar-refractivity contribution in [3.05, 3.63) is 91.0 Å². The number of hydrogen-bond donors (Lipinski definition) is 0. The minimum atomic E-state index is 0.137. The Balaban J connectivity index is 1.83. The first kappa shape index (κ1) is 15.5. The predicted molar refractivity (Wildman–Crippen MR) is 121 cm³/mol. The van der Waals surface area contributed by atoms with Crippen molar-refractivity contribution in [2.45, 2.75) is 0 Å². The van der Waals surface area contributed by atoms with Gasteiger partial charge in [-0.1, -0.05) is 72.8 Å². The number of aromatic nitrogens is 1. The summed E-state index contributed by atoms with van der Waals surface area (Å²) in [5.41, 5.74) is 8.58. The Morgan fingerprint density at radius 3 is 2.21 bits per heavy atom. The van der Waals surface area contributed by atoms with Crippen molar-refractivity contribution < 1.29 is 0 Å². The number of benzene rings is 4. The van der Waals surface area contributed by atoms with Crippen molar-refractivity contribution in [2.75, 3.05) is 0 Å². The van der Waals surface area contributed by atoms with Crippen LogP contribution in [0.2, 0.25) is 0 Å². The van der Waals surface area contributed by atoms with E-state index in [0.29, 0.717) is 0 Å². The van der Waals surface area contributed by atoms with Crippen molar-refractivity contribution >= 4 is 57.3 Å². The smallest absolute Gasteiger partial charge is 0.249 e. The minimum absolute atomic E-state index is 0.137. The molecule has 0 radical (unpaired) electrons. The molecule has 0 fully saturated rings. The van der Waals surface area contributed by atoms with E-state index in [9.17, 15) is 0 Å². The van der Waals surface area contributed by atoms with Crippen LogP contribution in [0.25, 0.3) is 27.5 Å². The van der Waals surface area contributed by atoms with Crippen molar-refractivity contribution in [3.8, 4) is 5.69 Å². The molecular weight excluding hydrogens is 339 g/mol. The van der Waals surface area contributed by atoms with Crippen LogP contribution < -0.4 is 16.4 Å². The van der Waals surface area contributed by atoms with Crippen LogP contribution in [-0.4, -0.2) is 18.0 Å². The van der Waals surface area contributed by atoms with Crippen LogP contribution in [0, 0.1) is 0 Å². The lowest BCUT2D eigenvalue weighted by molar-refractivity contribution is 1.19. The number of rotatable bonds is 2. The largest absolute Gasteiger partial charge is 0.310 e. The third kappa shape index (κ3) is 1.91. The van der Waals surface area contributed by atoms with Gasteiger partial charge in [0.1, 0.15) is 0 Å². The molecule has 0 unspecified atom stereocenters. The molecule has 5 aromatic rings. The van der Waals surface area contributed by atoms with Crippen LogP contribution >= 0.6 is 0 Å². The second-order valence-electron chi connectivity index (χ2n) is 7.30. The van der Waals surface area contributed by atoms with Gasteiger partial charge in [-0.3, -0.25) is 4.99 Å². The van der Waals surface area contributed by atoms with E-state index >= 15 is 0 Å². The zero-order valence-electron chi connectivity index (χ0n) is 15.3. The summed E-state index contributed by atoms with van der Waals surface area (Å²) in [6, 6.07) is 32.5. The lowest BCUT2D eigenvalue weighted by Crippen LogP contribution is -2.56. The van der Waals surface area contributed by atoms with E-state index in [1.807, 2.05) is 6.07 Å². The van der Waals surface area contributed by atoms with Crippen molar-refractivity contribution in [1.29, 1.82) is 0 Å². The third-order valence-electron chi connectivity index (χ3n) is 5.94. The summed E-state index contributed by atoms with van der Waals surface area (Å²) < 4.78 is 2.43. The lowest BCUT2D eigenvalue weighted by Gasteiger charge is -2.27. The predicted octanol–water partition coefficient (Wildman–Crippen LogP) is 3.95. The summed E-state index contributed by atoms with van der Waals surface area (Å²) in [7, 11) is 0. The quantitative estimate of drug-likeness (QED) is 0.330. The van der Waals surface area contributed by atoms with Gasteiger partial charge < -0.3 is 4.57 Å². The fourth-order valence-corrected chi connectivity index (χ4v) is 4.84. The summed E-state index contributed by atoms with van der Waals surface area (Å²) in [6.45, 7) is 3.95. The molecule has 0 N–H and O–H groups in total. The summed E-state index contributed by atoms with van der Waals surface area (Å²) in [5, 5.41) is 2.60. The molecular formula is C25H17BN2. The number of aliphatic imine (C=N–C) groups is 1. The Kier molecular flexibility index (Phi) is 3.15. The average Bonchev–Trinajstić information content (AvgIpc) is 3.10. The average molecular weight is 356 g/mol. The Hall–Kier alpha value is -3.59. The fraction of sp³-hybridized carbons (Fsp3) is 0. The van der Waals surface area contributed by atoms with Crippen molar-refractivity contribution in [2.24, 2.45) is 4.99 Å². The highest BCUT2D eigenvalue weighted by Gasteiger charge is 2.34. The molecule has 0 aliphatic carbocycles. The van der Waals surface area contributed by atoms with Crippen LogP contribution in [0.4, 0.5) is 5.69 Å². The van der Waals surface area contributed by atoms with E-state index in [1.165, 1.54) is 43.9 Å². The van der Waals surface area contributed by atoms with Gasteiger partial charge in [-0.25, -0.2) is 0 Å². The van der Waals surface area contributed by atoms with Crippen LogP contribution in [-0.2, 0) is 0 Å². The molecule has 0 saturated heterocycles. The van der Waals surface area contributed by atoms with Gasteiger partial charge in [-0.15, -0.1) is 0 Å². The standard InChI is InChI=1S/C25H17BN2/c1-27-22-14-5-3-11-19(22)26-20-12-4-7-16-24(20)28-23-15-6-2-9-17(23)18-10-8-13-21(26)25(18)28/h2-16H,1H2. The van der Waals surface area contributed by atoms with Crippen LogP contribution in [0.5, 0.6) is 0 Å². The van der Waals surface area contributed by atoms with E-state index in [1.54, 1.807) is 0 Å². The summed E-state index contributed by atoms with van der Waals surface area (Å²) in [4.78, 5) is 4.32. The van der Waals surface area contributed by atoms with E-state index in [2.05, 4.69) is 101 Å². The highest BCUT2D eigenvalue weighted by Crippen LogP contribution is 2.33. The van der Waals surface area contributed by atoms with Crippen LogP contribution in [0.1, 0.15) is 0 Å². The first-order chi connectivity index (χ1) is 13.9. The Morgan fingerprint density at radius 1 is 0.643 bits per heavy atom. The van der Waals surface area contributed by atoms with E-state index in [4.69, 9.17) is 0 Å². The van der Waals surface area contributed by atoms with Gasteiger partial charge in [0.15, 0.2) is 0 Å². The number of para-hydroxylation sites is 4. The third-order valence-corrected chi connectivity index (χ3v) is 5.94. The molecule has 0 amide bonds. The molecule has 2 nitrogen and oxygen atoms in total. The zero-order chi connectivity index (χ0) is 18.7. The minimum Gasteiger partial charge on any atom is -0.310 e. The maximum absolute atomic E-state index is 4.32. The SMILES string of the molecule is C=Nc1ccccc1B1c2ccccc2-n2c3ccccc3c3cccc1c32. The molecule has 0 atom stereocenters. The molecule has 1 aromatic heterocycles. The summed E-state index contributed by atoms with van der Waals surface area (Å²) in [6.07, 6.45) is 0. The van der Waals surface area contributed by atoms with Gasteiger partial charge >= 0.3 is 0 Å². The Labute approximate surface area is 163 Å². The topological polar surface area (TPSA) is 17.3 Å². The van der Waals surface area contributed by atoms with E-state index in [0.717, 1.165) is 5.69 Å². The molecule has 28 heavy (non-hydrogen) atoms. The van der Waals surface area contributed by atoms with Gasteiger partial charge in [0.25, 0.3) is 0 Å². The number of nitrogens with zero attached hydrogens (tertiary/aromatic N) is 2. The molecule has 0 spiro atoms. The zero-order valence-corrected chi connectivity index (χ0v) is 15.3. The van der Waals surface area contributed by atoms with E-state index in [-0.39, 0.29) is 6.71 Å². The van der Waals surface area contributed by atoms with Crippen LogP contribution in [0.15, 0.2) is 96.0 Å². The Morgan fingerprint density at radius 2 is 1.32 bits per heavy atom. The maximum atomic E-state index is 4.32. The lowest BCUT2D eigenvalue weighted by atomic mass is 9.35. The van der Waals surface area contributed by atoms with Crippen molar-refractivity contribution in [3.63, 3.8) is 0 Å². The molecule has 1 aliphatic rings. The molecule has 0 saturated carbocycles. The molecule has 1 aliphatic heterocycles.